The van der Waals surface area contributed by atoms with Crippen molar-refractivity contribution in [2.24, 2.45) is 0 Å². The standard InChI is InChI=1S/C21H26N2O9.C21H25NO10.C13H17NO6.C2H6/c1-11(24)22-10-16-18(29-12(2)25)19(30-13(3)26)17(21(32-16)31-14(4)27)23-20(28)15-8-6-5-7-9-15;1-11(23)28-10-16-18(29-12(2)24)19(30-13(3)25)17(21(32-16)31-14(4)26)22-20(27)15-8-6-5-7-9-15;15-6-8-10(16)11(17)9(13(19)20-8)14-12(18)7-4-2-1-3-5-7;1-2/h5-9,16-19,21H,10H2,1-4H3,(H,22,24)(H,23,28);5-9,16-19,21H,10H2,1-4H3,(H,22,27);1-5,8-11,13,15-17,19H,6H2,(H,14,18);1-2H3. The van der Waals surface area contributed by atoms with E-state index >= 15 is 0 Å². The zero-order valence-electron chi connectivity index (χ0n) is 48.8. The lowest BCUT2D eigenvalue weighted by Gasteiger charge is -2.44. The van der Waals surface area contributed by atoms with E-state index in [1.165, 1.54) is 13.8 Å². The van der Waals surface area contributed by atoms with E-state index in [9.17, 15) is 68.1 Å². The summed E-state index contributed by atoms with van der Waals surface area (Å²) >= 11 is 0. The molecular formula is C57H74N4O25. The fourth-order valence-electron chi connectivity index (χ4n) is 8.44. The maximum atomic E-state index is 12.8. The topological polar surface area (TPSA) is 409 Å². The van der Waals surface area contributed by atoms with E-state index in [4.69, 9.17) is 52.5 Å². The molecule has 3 heterocycles. The van der Waals surface area contributed by atoms with E-state index < -0.39 is 158 Å². The summed E-state index contributed by atoms with van der Waals surface area (Å²) in [6.45, 7) is 12.2. The third-order valence-electron chi connectivity index (χ3n) is 12.0. The van der Waals surface area contributed by atoms with E-state index in [1.54, 1.807) is 91.0 Å². The van der Waals surface area contributed by atoms with Gasteiger partial charge in [-0.25, -0.2) is 0 Å². The Morgan fingerprint density at radius 3 is 1.09 bits per heavy atom. The summed E-state index contributed by atoms with van der Waals surface area (Å²) in [4.78, 5) is 131. The Hall–Kier alpha value is -8.45. The van der Waals surface area contributed by atoms with Gasteiger partial charge in [0.2, 0.25) is 18.5 Å². The van der Waals surface area contributed by atoms with Gasteiger partial charge in [-0.3, -0.25) is 52.7 Å². The van der Waals surface area contributed by atoms with Gasteiger partial charge in [0.1, 0.15) is 55.3 Å². The lowest BCUT2D eigenvalue weighted by molar-refractivity contribution is -0.270. The highest BCUT2D eigenvalue weighted by molar-refractivity contribution is 5.95. The van der Waals surface area contributed by atoms with E-state index in [1.807, 2.05) is 13.8 Å². The normalized spacial score (nSPS) is 26.2. The molecule has 0 radical (unpaired) electrons. The lowest BCUT2D eigenvalue weighted by atomic mass is 9.95. The number of nitrogens with one attached hydrogen (secondary N) is 4. The first-order chi connectivity index (χ1) is 40.7. The Bertz CT molecular complexity index is 2600. The van der Waals surface area contributed by atoms with Crippen molar-refractivity contribution in [3.63, 3.8) is 0 Å². The van der Waals surface area contributed by atoms with Crippen LogP contribution in [0.5, 0.6) is 0 Å². The Labute approximate surface area is 494 Å². The van der Waals surface area contributed by atoms with Crippen molar-refractivity contribution >= 4 is 65.4 Å². The van der Waals surface area contributed by atoms with Crippen LogP contribution in [-0.2, 0) is 85.7 Å². The van der Waals surface area contributed by atoms with Gasteiger partial charge in [0.25, 0.3) is 17.7 Å². The first kappa shape index (κ1) is 71.8. The largest absolute Gasteiger partial charge is 0.463 e. The van der Waals surface area contributed by atoms with Crippen LogP contribution in [0.3, 0.4) is 0 Å². The number of benzene rings is 3. The Morgan fingerprint density at radius 2 is 0.756 bits per heavy atom. The summed E-state index contributed by atoms with van der Waals surface area (Å²) in [7, 11) is 0. The summed E-state index contributed by atoms with van der Waals surface area (Å²) in [6.07, 6.45) is -15.5. The minimum Gasteiger partial charge on any atom is -0.463 e. The molecule has 0 spiro atoms. The van der Waals surface area contributed by atoms with Crippen LogP contribution < -0.4 is 21.3 Å². The van der Waals surface area contributed by atoms with Crippen LogP contribution in [-0.4, -0.2) is 198 Å². The number of carbonyl (C=O) groups excluding carboxylic acids is 11. The van der Waals surface area contributed by atoms with E-state index in [-0.39, 0.29) is 24.6 Å². The molecule has 0 saturated carbocycles. The number of rotatable bonds is 17. The Morgan fingerprint density at radius 1 is 0.419 bits per heavy atom. The molecule has 6 rings (SSSR count). The summed E-state index contributed by atoms with van der Waals surface area (Å²) in [5, 5.41) is 48.5. The van der Waals surface area contributed by atoms with Gasteiger partial charge >= 0.3 is 41.8 Å². The van der Waals surface area contributed by atoms with Gasteiger partial charge in [-0.2, -0.15) is 0 Å². The third kappa shape index (κ3) is 22.9. The molecule has 3 fully saturated rings. The Kier molecular flexibility index (Phi) is 29.9. The third-order valence-corrected chi connectivity index (χ3v) is 12.0. The van der Waals surface area contributed by atoms with Crippen LogP contribution >= 0.6 is 0 Å². The molecule has 472 valence electrons. The molecule has 8 N–H and O–H groups in total. The molecule has 4 amide bonds. The van der Waals surface area contributed by atoms with Crippen LogP contribution in [0, 0.1) is 0 Å². The number of aliphatic hydroxyl groups is 4. The fourth-order valence-corrected chi connectivity index (χ4v) is 8.44. The number of hydrogen-bond donors (Lipinski definition) is 8. The van der Waals surface area contributed by atoms with Crippen molar-refractivity contribution in [2.75, 3.05) is 19.8 Å². The highest BCUT2D eigenvalue weighted by Crippen LogP contribution is 2.30. The summed E-state index contributed by atoms with van der Waals surface area (Å²) in [5.41, 5.74) is 0.924. The summed E-state index contributed by atoms with van der Waals surface area (Å²) in [5.74, 6) is -7.05. The Balaban J connectivity index is 0.000000342. The number of carbonyl (C=O) groups is 11. The zero-order chi connectivity index (χ0) is 64.4. The van der Waals surface area contributed by atoms with Gasteiger partial charge in [0, 0.05) is 78.6 Å². The van der Waals surface area contributed by atoms with Gasteiger partial charge in [0.15, 0.2) is 30.7 Å². The molecule has 0 aliphatic carbocycles. The van der Waals surface area contributed by atoms with Crippen LogP contribution in [0.15, 0.2) is 91.0 Å². The van der Waals surface area contributed by atoms with E-state index in [0.717, 1.165) is 41.5 Å². The van der Waals surface area contributed by atoms with Crippen LogP contribution in [0.4, 0.5) is 0 Å². The molecule has 29 heteroatoms. The van der Waals surface area contributed by atoms with Crippen molar-refractivity contribution in [3.05, 3.63) is 108 Å². The van der Waals surface area contributed by atoms with E-state index in [0.29, 0.717) is 11.1 Å². The summed E-state index contributed by atoms with van der Waals surface area (Å²) in [6, 6.07) is 20.9. The first-order valence-corrected chi connectivity index (χ1v) is 26.8. The highest BCUT2D eigenvalue weighted by atomic mass is 16.7. The second kappa shape index (κ2) is 35.8. The number of aliphatic hydroxyl groups excluding tert-OH is 4. The average Bonchev–Trinajstić information content (AvgIpc) is 1.24. The van der Waals surface area contributed by atoms with Gasteiger partial charge in [-0.15, -0.1) is 0 Å². The molecule has 0 bridgehead atoms. The minimum atomic E-state index is -1.52. The molecule has 3 saturated heterocycles. The van der Waals surface area contributed by atoms with Crippen LogP contribution in [0.1, 0.15) is 100 Å². The highest BCUT2D eigenvalue weighted by Gasteiger charge is 2.54. The lowest BCUT2D eigenvalue weighted by Crippen LogP contribution is -2.67. The van der Waals surface area contributed by atoms with Crippen molar-refractivity contribution in [1.29, 1.82) is 0 Å². The zero-order valence-corrected chi connectivity index (χ0v) is 48.8. The van der Waals surface area contributed by atoms with Crippen molar-refractivity contribution in [1.82, 2.24) is 21.3 Å². The fraction of sp³-hybridized carbons (Fsp3) is 0.491. The number of amides is 4. The molecule has 3 aromatic rings. The molecule has 15 unspecified atom stereocenters. The predicted octanol–water partition coefficient (Wildman–Crippen LogP) is -0.185. The average molecular weight is 1220 g/mol. The molecule has 3 aliphatic heterocycles. The van der Waals surface area contributed by atoms with Crippen LogP contribution in [0.2, 0.25) is 0 Å². The molecule has 0 aromatic heterocycles. The van der Waals surface area contributed by atoms with E-state index in [2.05, 4.69) is 21.3 Å². The quantitative estimate of drug-likeness (QED) is 0.0641. The molecule has 15 atom stereocenters. The number of esters is 7. The molecule has 3 aromatic carbocycles. The number of hydrogen-bond acceptors (Lipinski definition) is 25. The SMILES string of the molecule is CC.CC(=O)NCC1OC(OC(C)=O)C(NC(=O)c2ccccc2)C(OC(C)=O)C1OC(C)=O.CC(=O)OCC1OC(OC(C)=O)C(NC(=O)c2ccccc2)C(OC(C)=O)C1OC(C)=O.O=C(NC1C(O)OC(CO)C(O)C1O)c1ccccc1. The number of ether oxygens (including phenoxy) is 10. The van der Waals surface area contributed by atoms with Crippen molar-refractivity contribution < 1.29 is 121 Å². The second-order valence-electron chi connectivity index (χ2n) is 18.7. The van der Waals surface area contributed by atoms with Crippen molar-refractivity contribution in [2.45, 2.75) is 161 Å². The first-order valence-electron chi connectivity index (χ1n) is 26.8. The minimum absolute atomic E-state index is 0.137. The van der Waals surface area contributed by atoms with Gasteiger partial charge in [0.05, 0.1) is 6.61 Å². The molecule has 3 aliphatic rings. The second-order valence-corrected chi connectivity index (χ2v) is 18.7. The van der Waals surface area contributed by atoms with Crippen molar-refractivity contribution in [3.8, 4) is 0 Å². The predicted molar refractivity (Wildman–Crippen MR) is 293 cm³/mol. The maximum absolute atomic E-state index is 12.8. The van der Waals surface area contributed by atoms with Crippen LogP contribution in [0.25, 0.3) is 0 Å². The summed E-state index contributed by atoms with van der Waals surface area (Å²) < 4.78 is 53.2. The van der Waals surface area contributed by atoms with Gasteiger partial charge in [-0.05, 0) is 36.4 Å². The monoisotopic (exact) mass is 1210 g/mol. The van der Waals surface area contributed by atoms with Gasteiger partial charge < -0.3 is 89.1 Å². The maximum Gasteiger partial charge on any atom is 0.305 e. The molecular weight excluding hydrogens is 1140 g/mol. The molecule has 86 heavy (non-hydrogen) atoms. The molecule has 29 nitrogen and oxygen atoms in total. The smallest absolute Gasteiger partial charge is 0.305 e. The van der Waals surface area contributed by atoms with Gasteiger partial charge in [-0.1, -0.05) is 68.4 Å².